The van der Waals surface area contributed by atoms with Crippen molar-refractivity contribution in [2.45, 2.75) is 19.5 Å². The molecule has 9 heteroatoms. The van der Waals surface area contributed by atoms with Crippen LogP contribution < -0.4 is 5.32 Å². The van der Waals surface area contributed by atoms with E-state index in [0.717, 1.165) is 11.3 Å². The van der Waals surface area contributed by atoms with Crippen molar-refractivity contribution in [3.63, 3.8) is 0 Å². The van der Waals surface area contributed by atoms with Crippen molar-refractivity contribution in [2.24, 2.45) is 0 Å². The van der Waals surface area contributed by atoms with Crippen LogP contribution in [0.5, 0.6) is 0 Å². The average Bonchev–Trinajstić information content (AvgIpc) is 2.76. The fourth-order valence-electron chi connectivity index (χ4n) is 3.02. The summed E-state index contributed by atoms with van der Waals surface area (Å²) in [5, 5.41) is 15.0. The van der Waals surface area contributed by atoms with Gasteiger partial charge in [-0.1, -0.05) is 47.5 Å². The molecule has 0 aliphatic heterocycles. The number of hydrogen-bond donors (Lipinski definition) is 1. The Labute approximate surface area is 189 Å². The molecule has 1 N–H and O–H groups in total. The highest BCUT2D eigenvalue weighted by Crippen LogP contribution is 2.25. The van der Waals surface area contributed by atoms with Gasteiger partial charge in [-0.25, -0.2) is 0 Å². The SMILES string of the molecule is O=C(CCNc1ccccc1[N+](=O)[O-])N(Cc1ccc(Cl)c(Cl)c1)Cc1ccccn1. The Kier molecular flexibility index (Phi) is 7.81. The number of nitrogens with zero attached hydrogens (tertiary/aromatic N) is 3. The van der Waals surface area contributed by atoms with Gasteiger partial charge in [0.2, 0.25) is 5.91 Å². The number of hydrogen-bond acceptors (Lipinski definition) is 5. The molecule has 1 amide bonds. The summed E-state index contributed by atoms with van der Waals surface area (Å²) < 4.78 is 0. The third-order valence-electron chi connectivity index (χ3n) is 4.54. The van der Waals surface area contributed by atoms with Gasteiger partial charge in [0.15, 0.2) is 0 Å². The molecule has 7 nitrogen and oxygen atoms in total. The summed E-state index contributed by atoms with van der Waals surface area (Å²) in [5.41, 5.74) is 1.94. The lowest BCUT2D eigenvalue weighted by Gasteiger charge is -2.23. The highest BCUT2D eigenvalue weighted by atomic mass is 35.5. The summed E-state index contributed by atoms with van der Waals surface area (Å²) in [4.78, 5) is 29.6. The molecule has 160 valence electrons. The van der Waals surface area contributed by atoms with E-state index in [1.807, 2.05) is 24.3 Å². The van der Waals surface area contributed by atoms with E-state index in [2.05, 4.69) is 10.3 Å². The number of amides is 1. The third-order valence-corrected chi connectivity index (χ3v) is 5.28. The minimum Gasteiger partial charge on any atom is -0.379 e. The molecule has 31 heavy (non-hydrogen) atoms. The number of pyridine rings is 1. The van der Waals surface area contributed by atoms with Crippen LogP contribution in [0.4, 0.5) is 11.4 Å². The van der Waals surface area contributed by atoms with Crippen LogP contribution in [0.15, 0.2) is 66.9 Å². The Morgan fingerprint density at radius 3 is 2.52 bits per heavy atom. The van der Waals surface area contributed by atoms with E-state index >= 15 is 0 Å². The largest absolute Gasteiger partial charge is 0.379 e. The van der Waals surface area contributed by atoms with Crippen molar-refractivity contribution < 1.29 is 9.72 Å². The van der Waals surface area contributed by atoms with Crippen LogP contribution in [0.1, 0.15) is 17.7 Å². The van der Waals surface area contributed by atoms with Gasteiger partial charge in [-0.15, -0.1) is 0 Å². The van der Waals surface area contributed by atoms with Gasteiger partial charge < -0.3 is 10.2 Å². The van der Waals surface area contributed by atoms with E-state index in [9.17, 15) is 14.9 Å². The van der Waals surface area contributed by atoms with Gasteiger partial charge in [0, 0.05) is 31.8 Å². The van der Waals surface area contributed by atoms with E-state index in [1.54, 1.807) is 41.4 Å². The van der Waals surface area contributed by atoms with Crippen LogP contribution in [0, 0.1) is 10.1 Å². The molecular weight excluding hydrogens is 439 g/mol. The molecule has 0 atom stereocenters. The molecule has 0 fully saturated rings. The molecular formula is C22H20Cl2N4O3. The van der Waals surface area contributed by atoms with Gasteiger partial charge in [0.1, 0.15) is 5.69 Å². The Morgan fingerprint density at radius 2 is 1.81 bits per heavy atom. The third kappa shape index (κ3) is 6.41. The number of rotatable bonds is 9. The molecule has 2 aromatic carbocycles. The zero-order valence-electron chi connectivity index (χ0n) is 16.5. The highest BCUT2D eigenvalue weighted by Gasteiger charge is 2.17. The molecule has 0 aliphatic rings. The topological polar surface area (TPSA) is 88.4 Å². The molecule has 3 aromatic rings. The van der Waals surface area contributed by atoms with E-state index < -0.39 is 4.92 Å². The number of benzene rings is 2. The zero-order valence-corrected chi connectivity index (χ0v) is 18.0. The highest BCUT2D eigenvalue weighted by molar-refractivity contribution is 6.42. The Bertz CT molecular complexity index is 1060. The molecule has 1 heterocycles. The minimum absolute atomic E-state index is 0.0314. The Hall–Kier alpha value is -3.16. The van der Waals surface area contributed by atoms with Crippen LogP contribution in [-0.2, 0) is 17.9 Å². The number of para-hydroxylation sites is 2. The number of halogens is 2. The molecule has 1 aromatic heterocycles. The van der Waals surface area contributed by atoms with Gasteiger partial charge >= 0.3 is 0 Å². The van der Waals surface area contributed by atoms with Crippen molar-refractivity contribution in [3.05, 3.63) is 98.3 Å². The molecule has 0 spiro atoms. The Morgan fingerprint density at radius 1 is 1.03 bits per heavy atom. The number of carbonyl (C=O) groups is 1. The summed E-state index contributed by atoms with van der Waals surface area (Å²) in [7, 11) is 0. The first-order valence-corrected chi connectivity index (χ1v) is 10.3. The van der Waals surface area contributed by atoms with E-state index in [4.69, 9.17) is 23.2 Å². The molecule has 3 rings (SSSR count). The lowest BCUT2D eigenvalue weighted by molar-refractivity contribution is -0.384. The molecule has 0 bridgehead atoms. The van der Waals surface area contributed by atoms with Crippen LogP contribution >= 0.6 is 23.2 Å². The summed E-state index contributed by atoms with van der Waals surface area (Å²) in [6.45, 7) is 0.910. The van der Waals surface area contributed by atoms with E-state index in [-0.39, 0.29) is 24.6 Å². The monoisotopic (exact) mass is 458 g/mol. The molecule has 0 saturated carbocycles. The number of carbonyl (C=O) groups excluding carboxylic acids is 1. The van der Waals surface area contributed by atoms with Gasteiger partial charge in [-0.3, -0.25) is 19.9 Å². The van der Waals surface area contributed by atoms with Gasteiger partial charge in [0.25, 0.3) is 5.69 Å². The van der Waals surface area contributed by atoms with Crippen LogP contribution in [-0.4, -0.2) is 27.3 Å². The second-order valence-electron chi connectivity index (χ2n) is 6.77. The average molecular weight is 459 g/mol. The van der Waals surface area contributed by atoms with Gasteiger partial charge in [-0.05, 0) is 35.9 Å². The van der Waals surface area contributed by atoms with E-state index in [0.29, 0.717) is 28.8 Å². The van der Waals surface area contributed by atoms with Crippen LogP contribution in [0.25, 0.3) is 0 Å². The van der Waals surface area contributed by atoms with Crippen molar-refractivity contribution in [1.82, 2.24) is 9.88 Å². The maximum atomic E-state index is 13.0. The summed E-state index contributed by atoms with van der Waals surface area (Å²) >= 11 is 12.1. The van der Waals surface area contributed by atoms with Crippen molar-refractivity contribution >= 4 is 40.5 Å². The predicted molar refractivity (Wildman–Crippen MR) is 121 cm³/mol. The van der Waals surface area contributed by atoms with Crippen molar-refractivity contribution in [1.29, 1.82) is 0 Å². The van der Waals surface area contributed by atoms with Gasteiger partial charge in [-0.2, -0.15) is 0 Å². The van der Waals surface area contributed by atoms with Crippen LogP contribution in [0.2, 0.25) is 10.0 Å². The normalized spacial score (nSPS) is 10.5. The Balaban J connectivity index is 1.69. The summed E-state index contributed by atoms with van der Waals surface area (Å²) in [6, 6.07) is 17.1. The molecule has 0 saturated heterocycles. The fraction of sp³-hybridized carbons (Fsp3) is 0.182. The maximum Gasteiger partial charge on any atom is 0.292 e. The second-order valence-corrected chi connectivity index (χ2v) is 7.58. The molecule has 0 aliphatic carbocycles. The maximum absolute atomic E-state index is 13.0. The van der Waals surface area contributed by atoms with E-state index in [1.165, 1.54) is 6.07 Å². The number of anilines is 1. The summed E-state index contributed by atoms with van der Waals surface area (Å²) in [6.07, 6.45) is 1.83. The predicted octanol–water partition coefficient (Wildman–Crippen LogP) is 5.33. The summed E-state index contributed by atoms with van der Waals surface area (Å²) in [5.74, 6) is -0.122. The minimum atomic E-state index is -0.457. The lowest BCUT2D eigenvalue weighted by Crippen LogP contribution is -2.31. The van der Waals surface area contributed by atoms with Crippen molar-refractivity contribution in [3.8, 4) is 0 Å². The first-order chi connectivity index (χ1) is 14.9. The van der Waals surface area contributed by atoms with Crippen molar-refractivity contribution in [2.75, 3.05) is 11.9 Å². The molecule has 0 unspecified atom stereocenters. The number of nitro groups is 1. The number of aromatic nitrogens is 1. The number of nitrogens with one attached hydrogen (secondary N) is 1. The number of nitro benzene ring substituents is 1. The fourth-order valence-corrected chi connectivity index (χ4v) is 3.34. The molecule has 0 radical (unpaired) electrons. The quantitative estimate of drug-likeness (QED) is 0.345. The standard InChI is InChI=1S/C22H20Cl2N4O3/c23-18-9-8-16(13-19(18)24)14-27(15-17-5-3-4-11-25-17)22(29)10-12-26-20-6-1-2-7-21(20)28(30)31/h1-9,11,13,26H,10,12,14-15H2. The first-order valence-electron chi connectivity index (χ1n) is 9.53. The second kappa shape index (κ2) is 10.7. The lowest BCUT2D eigenvalue weighted by atomic mass is 10.2. The zero-order chi connectivity index (χ0) is 22.2. The van der Waals surface area contributed by atoms with Gasteiger partial charge in [0.05, 0.1) is 27.2 Å². The first kappa shape index (κ1) is 22.5. The smallest absolute Gasteiger partial charge is 0.292 e. The van der Waals surface area contributed by atoms with Crippen LogP contribution in [0.3, 0.4) is 0 Å².